The van der Waals surface area contributed by atoms with Crippen molar-refractivity contribution in [2.24, 2.45) is 5.41 Å². The van der Waals surface area contributed by atoms with Crippen LogP contribution in [0.1, 0.15) is 19.4 Å². The van der Waals surface area contributed by atoms with Gasteiger partial charge in [0.1, 0.15) is 23.6 Å². The minimum atomic E-state index is -1.23. The Morgan fingerprint density at radius 3 is 2.54 bits per heavy atom. The number of aromatic nitrogens is 2. The predicted octanol–water partition coefficient (Wildman–Crippen LogP) is 2.75. The largest absolute Gasteiger partial charge is 0.292 e. The first kappa shape index (κ1) is 17.8. The molecule has 1 amide bonds. The van der Waals surface area contributed by atoms with E-state index in [1.54, 1.807) is 31.0 Å². The van der Waals surface area contributed by atoms with E-state index in [9.17, 15) is 14.9 Å². The molecule has 0 saturated carbocycles. The van der Waals surface area contributed by atoms with Crippen LogP contribution in [0.5, 0.6) is 0 Å². The second-order valence-electron chi connectivity index (χ2n) is 7.40. The highest BCUT2D eigenvalue weighted by Gasteiger charge is 2.57. The molecule has 0 saturated heterocycles. The van der Waals surface area contributed by atoms with E-state index in [-0.39, 0.29) is 17.3 Å². The quantitative estimate of drug-likeness (QED) is 0.759. The lowest BCUT2D eigenvalue weighted by atomic mass is 9.56. The number of carbonyl (C=O) groups is 2. The molecule has 0 unspecified atom stereocenters. The van der Waals surface area contributed by atoms with Crippen LogP contribution in [0.15, 0.2) is 72.2 Å². The van der Waals surface area contributed by atoms with E-state index < -0.39 is 10.8 Å². The number of allylic oxidation sites excluding steroid dienone is 1. The van der Waals surface area contributed by atoms with Crippen molar-refractivity contribution in [3.63, 3.8) is 0 Å². The summed E-state index contributed by atoms with van der Waals surface area (Å²) in [5.74, 6) is -0.0217. The Bertz CT molecular complexity index is 1060. The number of nitriles is 1. The molecule has 1 aliphatic heterocycles. The Hall–Kier alpha value is -3.59. The van der Waals surface area contributed by atoms with Gasteiger partial charge in [-0.1, -0.05) is 36.4 Å². The molecular formula is C22H18N4O2. The number of carbonyl (C=O) groups excluding carboxylic acids is 2. The number of hydrogen-bond acceptors (Lipinski definition) is 5. The highest BCUT2D eigenvalue weighted by molar-refractivity contribution is 6.14. The molecular weight excluding hydrogens is 352 g/mol. The Morgan fingerprint density at radius 1 is 1.14 bits per heavy atom. The minimum Gasteiger partial charge on any atom is -0.292 e. The number of fused-ring (bicyclic) bond motifs is 1. The minimum absolute atomic E-state index is 0.00360. The van der Waals surface area contributed by atoms with Gasteiger partial charge in [0.15, 0.2) is 5.78 Å². The fourth-order valence-electron chi connectivity index (χ4n) is 4.17. The van der Waals surface area contributed by atoms with E-state index in [0.717, 1.165) is 5.56 Å². The van der Waals surface area contributed by atoms with Gasteiger partial charge in [-0.2, -0.15) is 5.26 Å². The third-order valence-corrected chi connectivity index (χ3v) is 5.52. The van der Waals surface area contributed by atoms with Gasteiger partial charge in [-0.05, 0) is 37.1 Å². The summed E-state index contributed by atoms with van der Waals surface area (Å²) in [4.78, 5) is 36.5. The number of hydrogen-bond donors (Lipinski definition) is 0. The number of benzene rings is 1. The van der Waals surface area contributed by atoms with Crippen LogP contribution < -0.4 is 4.90 Å². The van der Waals surface area contributed by atoms with E-state index in [1.165, 1.54) is 12.4 Å². The number of rotatable bonds is 2. The molecule has 0 radical (unpaired) electrons. The normalized spacial score (nSPS) is 23.4. The molecule has 2 heterocycles. The molecule has 2 aliphatic rings. The summed E-state index contributed by atoms with van der Waals surface area (Å²) in [5.41, 5.74) is -0.775. The number of amides is 1. The third-order valence-electron chi connectivity index (χ3n) is 5.52. The topological polar surface area (TPSA) is 87.0 Å². The number of anilines is 1. The molecule has 28 heavy (non-hydrogen) atoms. The molecule has 0 spiro atoms. The summed E-state index contributed by atoms with van der Waals surface area (Å²) in [6.07, 6.45) is 6.41. The molecule has 0 bridgehead atoms. The Morgan fingerprint density at radius 2 is 1.89 bits per heavy atom. The second kappa shape index (κ2) is 6.24. The zero-order valence-electron chi connectivity index (χ0n) is 15.6. The zero-order valence-corrected chi connectivity index (χ0v) is 15.6. The molecule has 4 rings (SSSR count). The standard InChI is InChI=1S/C22H18N4O2/c1-21(2)17-9-11-26(18-8-10-24-14-25-18)20(28)22(17,12-15(13-23)19(21)27)16-6-4-3-5-7-16/h3-10,12,14H,11H2,1-2H3/t22-/m0/s1. The highest BCUT2D eigenvalue weighted by atomic mass is 16.2. The number of ketones is 1. The van der Waals surface area contributed by atoms with E-state index in [2.05, 4.69) is 9.97 Å². The van der Waals surface area contributed by atoms with Gasteiger partial charge in [0.05, 0.1) is 11.0 Å². The van der Waals surface area contributed by atoms with Crippen LogP contribution >= 0.6 is 0 Å². The maximum atomic E-state index is 13.9. The third kappa shape index (κ3) is 2.33. The van der Waals surface area contributed by atoms with E-state index in [1.807, 2.05) is 42.5 Å². The van der Waals surface area contributed by atoms with E-state index in [0.29, 0.717) is 17.9 Å². The van der Waals surface area contributed by atoms with Gasteiger partial charge in [0.25, 0.3) is 0 Å². The molecule has 138 valence electrons. The number of Topliss-reactive ketones (excluding diaryl/α,β-unsaturated/α-hetero) is 1. The summed E-state index contributed by atoms with van der Waals surface area (Å²) in [6.45, 7) is 3.85. The molecule has 0 fully saturated rings. The van der Waals surface area contributed by atoms with Crippen molar-refractivity contribution in [2.75, 3.05) is 11.4 Å². The Labute approximate surface area is 162 Å². The summed E-state index contributed by atoms with van der Waals surface area (Å²) < 4.78 is 0. The average Bonchev–Trinajstić information content (AvgIpc) is 2.73. The van der Waals surface area contributed by atoms with Crippen LogP contribution in [-0.2, 0) is 15.0 Å². The lowest BCUT2D eigenvalue weighted by Crippen LogP contribution is -2.57. The molecule has 6 nitrogen and oxygen atoms in total. The van der Waals surface area contributed by atoms with Crippen LogP contribution in [0.25, 0.3) is 0 Å². The van der Waals surface area contributed by atoms with Crippen molar-refractivity contribution >= 4 is 17.5 Å². The molecule has 6 heteroatoms. The first-order valence-corrected chi connectivity index (χ1v) is 8.95. The van der Waals surface area contributed by atoms with Crippen molar-refractivity contribution in [3.05, 3.63) is 77.8 Å². The van der Waals surface area contributed by atoms with Crippen molar-refractivity contribution in [1.29, 1.82) is 5.26 Å². The highest BCUT2D eigenvalue weighted by Crippen LogP contribution is 2.52. The van der Waals surface area contributed by atoms with Crippen LogP contribution in [0.4, 0.5) is 5.82 Å². The SMILES string of the molecule is CC1(C)C(=O)C(C#N)=C[C@@]2(c3ccccc3)C(=O)N(c3ccncn3)CC=C12. The summed E-state index contributed by atoms with van der Waals surface area (Å²) in [7, 11) is 0. The Kier molecular flexibility index (Phi) is 3.97. The van der Waals surface area contributed by atoms with Gasteiger partial charge in [0, 0.05) is 12.7 Å². The maximum absolute atomic E-state index is 13.9. The zero-order chi connectivity index (χ0) is 19.9. The maximum Gasteiger partial charge on any atom is 0.247 e. The van der Waals surface area contributed by atoms with E-state index >= 15 is 0 Å². The summed E-state index contributed by atoms with van der Waals surface area (Å²) >= 11 is 0. The van der Waals surface area contributed by atoms with Crippen molar-refractivity contribution < 1.29 is 9.59 Å². The molecule has 1 aliphatic carbocycles. The van der Waals surface area contributed by atoms with Crippen molar-refractivity contribution in [3.8, 4) is 6.07 Å². The smallest absolute Gasteiger partial charge is 0.247 e. The van der Waals surface area contributed by atoms with Gasteiger partial charge >= 0.3 is 0 Å². The lowest BCUT2D eigenvalue weighted by molar-refractivity contribution is -0.125. The predicted molar refractivity (Wildman–Crippen MR) is 103 cm³/mol. The van der Waals surface area contributed by atoms with E-state index in [4.69, 9.17) is 0 Å². The van der Waals surface area contributed by atoms with Gasteiger partial charge in [-0.25, -0.2) is 9.97 Å². The Balaban J connectivity index is 2.03. The van der Waals surface area contributed by atoms with Crippen LogP contribution in [0, 0.1) is 16.7 Å². The van der Waals surface area contributed by atoms with Gasteiger partial charge in [0.2, 0.25) is 5.91 Å². The van der Waals surface area contributed by atoms with Crippen molar-refractivity contribution in [2.45, 2.75) is 19.3 Å². The van der Waals surface area contributed by atoms with Crippen LogP contribution in [0.2, 0.25) is 0 Å². The van der Waals surface area contributed by atoms with Gasteiger partial charge in [-0.3, -0.25) is 14.5 Å². The van der Waals surface area contributed by atoms with Crippen LogP contribution in [-0.4, -0.2) is 28.2 Å². The van der Waals surface area contributed by atoms with Crippen LogP contribution in [0.3, 0.4) is 0 Å². The second-order valence-corrected chi connectivity index (χ2v) is 7.40. The number of nitrogens with zero attached hydrogens (tertiary/aromatic N) is 4. The molecule has 1 aromatic heterocycles. The lowest BCUT2D eigenvalue weighted by Gasteiger charge is -2.48. The van der Waals surface area contributed by atoms with Gasteiger partial charge < -0.3 is 0 Å². The van der Waals surface area contributed by atoms with Crippen molar-refractivity contribution in [1.82, 2.24) is 9.97 Å². The fraction of sp³-hybridized carbons (Fsp3) is 0.227. The first-order valence-electron chi connectivity index (χ1n) is 8.95. The monoisotopic (exact) mass is 370 g/mol. The fourth-order valence-corrected chi connectivity index (χ4v) is 4.17. The molecule has 0 N–H and O–H groups in total. The first-order chi connectivity index (χ1) is 13.4. The average molecular weight is 370 g/mol. The molecule has 2 aromatic rings. The summed E-state index contributed by atoms with van der Waals surface area (Å²) in [5, 5.41) is 9.61. The van der Waals surface area contributed by atoms with Gasteiger partial charge in [-0.15, -0.1) is 0 Å². The molecule has 1 atom stereocenters. The summed E-state index contributed by atoms with van der Waals surface area (Å²) in [6, 6.07) is 12.9. The molecule has 1 aromatic carbocycles.